The third-order valence-electron chi connectivity index (χ3n) is 4.81. The van der Waals surface area contributed by atoms with Crippen LogP contribution in [0.4, 0.5) is 0 Å². The maximum atomic E-state index is 12.0. The molecular weight excluding hydrogens is 342 g/mol. The van der Waals surface area contributed by atoms with Crippen molar-refractivity contribution in [3.63, 3.8) is 0 Å². The number of ketones is 1. The molecule has 6 atom stereocenters. The third-order valence-corrected chi connectivity index (χ3v) is 4.81. The van der Waals surface area contributed by atoms with Crippen molar-refractivity contribution < 1.29 is 30.0 Å². The first kappa shape index (κ1) is 20.9. The van der Waals surface area contributed by atoms with E-state index >= 15 is 0 Å². The van der Waals surface area contributed by atoms with Crippen LogP contribution in [0.5, 0.6) is 0 Å². The van der Waals surface area contributed by atoms with Crippen molar-refractivity contribution in [2.45, 2.75) is 75.1 Å². The SMILES string of the molecule is N[C@H](Cc1cnc[nH]1)C(=O)CCCCCC1OC(CO)C(O)C(O)C1O. The van der Waals surface area contributed by atoms with Crippen LogP contribution in [0.1, 0.15) is 37.8 Å². The lowest BCUT2D eigenvalue weighted by Crippen LogP contribution is -2.58. The van der Waals surface area contributed by atoms with Crippen molar-refractivity contribution in [3.05, 3.63) is 18.2 Å². The highest BCUT2D eigenvalue weighted by Gasteiger charge is 2.42. The molecule has 2 heterocycles. The van der Waals surface area contributed by atoms with Crippen LogP contribution in [0, 0.1) is 0 Å². The molecule has 0 spiro atoms. The van der Waals surface area contributed by atoms with E-state index in [9.17, 15) is 20.1 Å². The summed E-state index contributed by atoms with van der Waals surface area (Å²) >= 11 is 0. The van der Waals surface area contributed by atoms with E-state index < -0.39 is 43.2 Å². The minimum Gasteiger partial charge on any atom is -0.394 e. The Bertz CT molecular complexity index is 539. The number of aromatic nitrogens is 2. The van der Waals surface area contributed by atoms with E-state index in [0.29, 0.717) is 32.1 Å². The summed E-state index contributed by atoms with van der Waals surface area (Å²) < 4.78 is 5.45. The predicted molar refractivity (Wildman–Crippen MR) is 92.1 cm³/mol. The average molecular weight is 371 g/mol. The van der Waals surface area contributed by atoms with E-state index in [1.807, 2.05) is 0 Å². The number of aliphatic hydroxyl groups is 4. The molecule has 0 aromatic carbocycles. The molecule has 1 aliphatic heterocycles. The maximum absolute atomic E-state index is 12.0. The van der Waals surface area contributed by atoms with Gasteiger partial charge < -0.3 is 35.9 Å². The second-order valence-electron chi connectivity index (χ2n) is 6.82. The van der Waals surface area contributed by atoms with Gasteiger partial charge in [0.05, 0.1) is 25.1 Å². The Kier molecular flexibility index (Phi) is 8.14. The van der Waals surface area contributed by atoms with Gasteiger partial charge >= 0.3 is 0 Å². The van der Waals surface area contributed by atoms with E-state index in [1.165, 1.54) is 0 Å². The minimum absolute atomic E-state index is 0.00700. The van der Waals surface area contributed by atoms with Crippen LogP contribution in [0.3, 0.4) is 0 Å². The van der Waals surface area contributed by atoms with E-state index in [4.69, 9.17) is 15.6 Å². The van der Waals surface area contributed by atoms with Gasteiger partial charge in [0.1, 0.15) is 30.2 Å². The van der Waals surface area contributed by atoms with Crippen LogP contribution in [0.2, 0.25) is 0 Å². The Hall–Kier alpha value is -1.36. The summed E-state index contributed by atoms with van der Waals surface area (Å²) in [5.74, 6) is -0.00700. The third kappa shape index (κ3) is 5.57. The highest BCUT2D eigenvalue weighted by molar-refractivity contribution is 5.83. The number of nitrogens with two attached hydrogens (primary N) is 1. The molecular formula is C17H29N3O6. The Morgan fingerprint density at radius 1 is 1.19 bits per heavy atom. The lowest BCUT2D eigenvalue weighted by molar-refractivity contribution is -0.230. The quantitative estimate of drug-likeness (QED) is 0.275. The molecule has 0 radical (unpaired) electrons. The van der Waals surface area contributed by atoms with E-state index in [1.54, 1.807) is 12.5 Å². The maximum Gasteiger partial charge on any atom is 0.149 e. The standard InChI is InChI=1S/C17H29N3O6/c18-11(6-10-7-19-9-20-10)12(22)4-2-1-3-5-13-15(23)17(25)16(24)14(8-21)26-13/h7,9,11,13-17,21,23-25H,1-6,8,18H2,(H,19,20)/t11-,13?,14?,15?,16?,17?/m1/s1. The number of nitrogens with one attached hydrogen (secondary N) is 1. The molecule has 7 N–H and O–H groups in total. The van der Waals surface area contributed by atoms with Gasteiger partial charge in [-0.15, -0.1) is 0 Å². The smallest absolute Gasteiger partial charge is 0.149 e. The molecule has 9 heteroatoms. The van der Waals surface area contributed by atoms with Gasteiger partial charge in [-0.25, -0.2) is 4.98 Å². The lowest BCUT2D eigenvalue weighted by atomic mass is 9.92. The normalized spacial score (nSPS) is 30.3. The first-order chi connectivity index (χ1) is 12.4. The topological polar surface area (TPSA) is 162 Å². The number of unbranched alkanes of at least 4 members (excludes halogenated alkanes) is 2. The molecule has 0 aliphatic carbocycles. The monoisotopic (exact) mass is 371 g/mol. The Morgan fingerprint density at radius 2 is 1.92 bits per heavy atom. The minimum atomic E-state index is -1.34. The summed E-state index contributed by atoms with van der Waals surface area (Å²) in [6.45, 7) is -0.426. The zero-order valence-electron chi connectivity index (χ0n) is 14.7. The Labute approximate surface area is 152 Å². The number of nitrogens with zero attached hydrogens (tertiary/aromatic N) is 1. The highest BCUT2D eigenvalue weighted by Crippen LogP contribution is 2.24. The average Bonchev–Trinajstić information content (AvgIpc) is 3.14. The molecule has 0 amide bonds. The number of imidazole rings is 1. The number of hydrogen-bond acceptors (Lipinski definition) is 8. The van der Waals surface area contributed by atoms with Crippen LogP contribution >= 0.6 is 0 Å². The lowest BCUT2D eigenvalue weighted by Gasteiger charge is -2.40. The van der Waals surface area contributed by atoms with E-state index in [-0.39, 0.29) is 5.78 Å². The van der Waals surface area contributed by atoms with Crippen LogP contribution in [0.25, 0.3) is 0 Å². The number of carbonyl (C=O) groups excluding carboxylic acids is 1. The first-order valence-corrected chi connectivity index (χ1v) is 9.00. The van der Waals surface area contributed by atoms with Crippen LogP contribution in [-0.2, 0) is 16.0 Å². The van der Waals surface area contributed by atoms with E-state index in [2.05, 4.69) is 9.97 Å². The zero-order valence-corrected chi connectivity index (χ0v) is 14.7. The largest absolute Gasteiger partial charge is 0.394 e. The van der Waals surface area contributed by atoms with Crippen molar-refractivity contribution >= 4 is 5.78 Å². The van der Waals surface area contributed by atoms with Crippen LogP contribution in [-0.4, -0.2) is 79.3 Å². The predicted octanol–water partition coefficient (Wildman–Crippen LogP) is -1.36. The highest BCUT2D eigenvalue weighted by atomic mass is 16.5. The Morgan fingerprint density at radius 3 is 2.58 bits per heavy atom. The van der Waals surface area contributed by atoms with Gasteiger partial charge in [0.15, 0.2) is 0 Å². The van der Waals surface area contributed by atoms with Gasteiger partial charge in [-0.05, 0) is 12.8 Å². The van der Waals surface area contributed by atoms with Crippen LogP contribution in [0.15, 0.2) is 12.5 Å². The van der Waals surface area contributed by atoms with Crippen molar-refractivity contribution in [3.8, 4) is 0 Å². The van der Waals surface area contributed by atoms with Crippen LogP contribution < -0.4 is 5.73 Å². The molecule has 0 saturated carbocycles. The van der Waals surface area contributed by atoms with Crippen molar-refractivity contribution in [2.24, 2.45) is 5.73 Å². The fourth-order valence-electron chi connectivity index (χ4n) is 3.17. The summed E-state index contributed by atoms with van der Waals surface area (Å²) in [7, 11) is 0. The number of aliphatic hydroxyl groups excluding tert-OH is 4. The fourth-order valence-corrected chi connectivity index (χ4v) is 3.17. The molecule has 148 valence electrons. The molecule has 1 saturated heterocycles. The fraction of sp³-hybridized carbons (Fsp3) is 0.765. The molecule has 1 aliphatic rings. The van der Waals surface area contributed by atoms with Gasteiger partial charge in [0.2, 0.25) is 0 Å². The van der Waals surface area contributed by atoms with Gasteiger partial charge in [-0.2, -0.15) is 0 Å². The number of ether oxygens (including phenoxy) is 1. The molecule has 1 fully saturated rings. The van der Waals surface area contributed by atoms with E-state index in [0.717, 1.165) is 12.1 Å². The number of aromatic amines is 1. The van der Waals surface area contributed by atoms with Crippen molar-refractivity contribution in [1.29, 1.82) is 0 Å². The molecule has 1 aromatic heterocycles. The summed E-state index contributed by atoms with van der Waals surface area (Å²) in [5, 5.41) is 38.6. The summed E-state index contributed by atoms with van der Waals surface area (Å²) in [6, 6.07) is -0.555. The van der Waals surface area contributed by atoms with Crippen molar-refractivity contribution in [1.82, 2.24) is 9.97 Å². The molecule has 0 bridgehead atoms. The summed E-state index contributed by atoms with van der Waals surface area (Å²) in [4.78, 5) is 18.8. The van der Waals surface area contributed by atoms with Gasteiger partial charge in [-0.3, -0.25) is 4.79 Å². The molecule has 26 heavy (non-hydrogen) atoms. The molecule has 5 unspecified atom stereocenters. The second-order valence-corrected chi connectivity index (χ2v) is 6.82. The number of rotatable bonds is 10. The molecule has 1 aromatic rings. The summed E-state index contributed by atoms with van der Waals surface area (Å²) in [6.07, 6.45) is 1.19. The zero-order chi connectivity index (χ0) is 19.1. The van der Waals surface area contributed by atoms with Gasteiger partial charge in [-0.1, -0.05) is 12.8 Å². The first-order valence-electron chi connectivity index (χ1n) is 9.00. The summed E-state index contributed by atoms with van der Waals surface area (Å²) in [5.41, 5.74) is 6.72. The number of carbonyl (C=O) groups is 1. The molecule has 9 nitrogen and oxygen atoms in total. The van der Waals surface area contributed by atoms with Gasteiger partial charge in [0, 0.05) is 24.7 Å². The number of hydrogen-bond donors (Lipinski definition) is 6. The Balaban J connectivity index is 1.64. The molecule has 2 rings (SSSR count). The van der Waals surface area contributed by atoms with Gasteiger partial charge in [0.25, 0.3) is 0 Å². The second kappa shape index (κ2) is 10.1. The number of H-pyrrole nitrogens is 1. The number of Topliss-reactive ketones (excluding diaryl/α,β-unsaturated/α-hetero) is 1. The van der Waals surface area contributed by atoms with Crippen molar-refractivity contribution in [2.75, 3.05) is 6.61 Å².